The van der Waals surface area contributed by atoms with E-state index in [0.29, 0.717) is 17.2 Å². The van der Waals surface area contributed by atoms with E-state index in [1.807, 2.05) is 4.90 Å². The fourth-order valence-corrected chi connectivity index (χ4v) is 3.64. The molecule has 4 N–H and O–H groups in total. The summed E-state index contributed by atoms with van der Waals surface area (Å²) in [5.41, 5.74) is 6.88. The minimum Gasteiger partial charge on any atom is -0.383 e. The van der Waals surface area contributed by atoms with E-state index in [9.17, 15) is 14.0 Å². The summed E-state index contributed by atoms with van der Waals surface area (Å²) in [6, 6.07) is 5.56. The molecule has 1 aromatic heterocycles. The Bertz CT molecular complexity index is 929. The van der Waals surface area contributed by atoms with Gasteiger partial charge in [0.2, 0.25) is 17.8 Å². The molecule has 4 rings (SSSR count). The van der Waals surface area contributed by atoms with Gasteiger partial charge in [-0.3, -0.25) is 9.59 Å². The molecule has 9 heteroatoms. The van der Waals surface area contributed by atoms with Crippen molar-refractivity contribution in [3.05, 3.63) is 35.6 Å². The van der Waals surface area contributed by atoms with Gasteiger partial charge in [-0.15, -0.1) is 0 Å². The van der Waals surface area contributed by atoms with Gasteiger partial charge in [0, 0.05) is 25.2 Å². The number of hydrogen-bond acceptors (Lipinski definition) is 6. The van der Waals surface area contributed by atoms with Gasteiger partial charge in [-0.2, -0.15) is 9.97 Å². The number of nitrogens with zero attached hydrogens (tertiary/aromatic N) is 3. The average molecular weight is 384 g/mol. The zero-order valence-electron chi connectivity index (χ0n) is 15.2. The molecular formula is C19H21FN6O2. The van der Waals surface area contributed by atoms with Crippen LogP contribution in [0.2, 0.25) is 0 Å². The van der Waals surface area contributed by atoms with E-state index in [1.54, 1.807) is 6.07 Å². The fraction of sp³-hybridized carbons (Fsp3) is 0.368. The smallest absolute Gasteiger partial charge is 0.232 e. The third-order valence-electron chi connectivity index (χ3n) is 5.01. The molecule has 0 radical (unpaired) electrons. The highest BCUT2D eigenvalue weighted by Crippen LogP contribution is 2.36. The first kappa shape index (κ1) is 18.1. The molecule has 0 bridgehead atoms. The number of carbonyl (C=O) groups is 2. The molecule has 0 spiro atoms. The number of fused-ring (bicyclic) bond motifs is 1. The van der Waals surface area contributed by atoms with Gasteiger partial charge < -0.3 is 21.3 Å². The Labute approximate surface area is 161 Å². The molecule has 0 saturated carbocycles. The van der Waals surface area contributed by atoms with Crippen molar-refractivity contribution in [2.75, 3.05) is 34.4 Å². The van der Waals surface area contributed by atoms with Crippen LogP contribution in [0.3, 0.4) is 0 Å². The van der Waals surface area contributed by atoms with Gasteiger partial charge in [0.25, 0.3) is 0 Å². The van der Waals surface area contributed by atoms with Gasteiger partial charge in [0.05, 0.1) is 11.5 Å². The zero-order chi connectivity index (χ0) is 19.7. The van der Waals surface area contributed by atoms with Crippen LogP contribution >= 0.6 is 0 Å². The number of nitrogen functional groups attached to an aromatic ring is 1. The van der Waals surface area contributed by atoms with E-state index in [4.69, 9.17) is 5.73 Å². The quantitative estimate of drug-likeness (QED) is 0.748. The molecule has 1 saturated heterocycles. The van der Waals surface area contributed by atoms with E-state index in [0.717, 1.165) is 32.4 Å². The molecule has 2 aliphatic heterocycles. The number of hydrogen-bond donors (Lipinski definition) is 3. The minimum absolute atomic E-state index is 0.0786. The van der Waals surface area contributed by atoms with Crippen molar-refractivity contribution in [1.82, 2.24) is 9.97 Å². The van der Waals surface area contributed by atoms with Crippen LogP contribution in [0.25, 0.3) is 0 Å². The molecule has 146 valence electrons. The molecule has 2 aliphatic rings. The monoisotopic (exact) mass is 384 g/mol. The number of anilines is 4. The molecular weight excluding hydrogens is 363 g/mol. The first-order valence-electron chi connectivity index (χ1n) is 9.30. The third kappa shape index (κ3) is 3.60. The Hall–Kier alpha value is -3.23. The Morgan fingerprint density at radius 1 is 1.25 bits per heavy atom. The summed E-state index contributed by atoms with van der Waals surface area (Å²) in [5.74, 6) is -1.19. The van der Waals surface area contributed by atoms with Crippen LogP contribution in [0.4, 0.5) is 27.7 Å². The Kier molecular flexibility index (Phi) is 4.81. The lowest BCUT2D eigenvalue weighted by Gasteiger charge is -2.30. The summed E-state index contributed by atoms with van der Waals surface area (Å²) < 4.78 is 13.4. The molecule has 3 heterocycles. The second-order valence-corrected chi connectivity index (χ2v) is 7.02. The molecule has 0 aliphatic carbocycles. The second kappa shape index (κ2) is 7.41. The van der Waals surface area contributed by atoms with Gasteiger partial charge in [-0.1, -0.05) is 6.07 Å². The van der Waals surface area contributed by atoms with Crippen molar-refractivity contribution in [3.63, 3.8) is 0 Å². The number of nitrogens with two attached hydrogens (primary N) is 1. The number of rotatable bonds is 3. The number of piperidine rings is 1. The highest BCUT2D eigenvalue weighted by molar-refractivity contribution is 6.05. The van der Waals surface area contributed by atoms with Crippen LogP contribution in [-0.2, 0) is 9.59 Å². The summed E-state index contributed by atoms with van der Waals surface area (Å²) in [7, 11) is 0. The maximum atomic E-state index is 13.4. The normalized spacial score (nSPS) is 19.0. The van der Waals surface area contributed by atoms with Crippen LogP contribution in [0.15, 0.2) is 24.3 Å². The highest BCUT2D eigenvalue weighted by Gasteiger charge is 2.35. The topological polar surface area (TPSA) is 113 Å². The first-order chi connectivity index (χ1) is 13.5. The highest BCUT2D eigenvalue weighted by atomic mass is 19.1. The van der Waals surface area contributed by atoms with Gasteiger partial charge in [0.1, 0.15) is 17.5 Å². The fourth-order valence-electron chi connectivity index (χ4n) is 3.64. The Morgan fingerprint density at radius 3 is 2.79 bits per heavy atom. The van der Waals surface area contributed by atoms with E-state index in [2.05, 4.69) is 20.6 Å². The first-order valence-corrected chi connectivity index (χ1v) is 9.30. The molecule has 2 amide bonds. The second-order valence-electron chi connectivity index (χ2n) is 7.02. The van der Waals surface area contributed by atoms with Crippen LogP contribution in [0.5, 0.6) is 0 Å². The summed E-state index contributed by atoms with van der Waals surface area (Å²) in [4.78, 5) is 35.9. The molecule has 2 aromatic rings. The van der Waals surface area contributed by atoms with Crippen LogP contribution < -0.4 is 21.3 Å². The van der Waals surface area contributed by atoms with Crippen molar-refractivity contribution in [2.24, 2.45) is 0 Å². The molecule has 1 aromatic carbocycles. The maximum Gasteiger partial charge on any atom is 0.232 e. The molecule has 8 nitrogen and oxygen atoms in total. The number of amides is 2. The summed E-state index contributed by atoms with van der Waals surface area (Å²) in [6.45, 7) is 1.66. The van der Waals surface area contributed by atoms with Gasteiger partial charge >= 0.3 is 0 Å². The van der Waals surface area contributed by atoms with Gasteiger partial charge in [0.15, 0.2) is 0 Å². The van der Waals surface area contributed by atoms with Gasteiger partial charge in [-0.25, -0.2) is 4.39 Å². The molecule has 0 unspecified atom stereocenters. The predicted octanol–water partition coefficient (Wildman–Crippen LogP) is 2.25. The number of halogens is 1. The van der Waals surface area contributed by atoms with Gasteiger partial charge in [-0.05, 0) is 37.5 Å². The number of carbonyl (C=O) groups excluding carboxylic acids is 2. The van der Waals surface area contributed by atoms with Crippen molar-refractivity contribution in [3.8, 4) is 0 Å². The van der Waals surface area contributed by atoms with Crippen molar-refractivity contribution >= 4 is 35.1 Å². The van der Waals surface area contributed by atoms with Crippen LogP contribution in [0, 0.1) is 5.82 Å². The third-order valence-corrected chi connectivity index (χ3v) is 5.01. The van der Waals surface area contributed by atoms with Crippen molar-refractivity contribution in [1.29, 1.82) is 0 Å². The summed E-state index contributed by atoms with van der Waals surface area (Å²) in [5, 5.41) is 5.34. The maximum absolute atomic E-state index is 13.4. The van der Waals surface area contributed by atoms with Crippen LogP contribution in [0.1, 0.15) is 37.2 Å². The number of aromatic nitrogens is 2. The summed E-state index contributed by atoms with van der Waals surface area (Å²) >= 11 is 0. The number of benzene rings is 1. The van der Waals surface area contributed by atoms with E-state index in [1.165, 1.54) is 18.2 Å². The van der Waals surface area contributed by atoms with E-state index >= 15 is 0 Å². The van der Waals surface area contributed by atoms with Crippen LogP contribution in [-0.4, -0.2) is 34.9 Å². The summed E-state index contributed by atoms with van der Waals surface area (Å²) in [6.07, 6.45) is 3.18. The number of nitrogens with one attached hydrogen (secondary N) is 2. The molecule has 1 atom stereocenters. The lowest BCUT2D eigenvalue weighted by atomic mass is 9.92. The average Bonchev–Trinajstić information content (AvgIpc) is 2.67. The lowest BCUT2D eigenvalue weighted by molar-refractivity contribution is -0.123. The van der Waals surface area contributed by atoms with E-state index < -0.39 is 17.6 Å². The molecule has 28 heavy (non-hydrogen) atoms. The zero-order valence-corrected chi connectivity index (χ0v) is 15.2. The molecule has 1 fully saturated rings. The van der Waals surface area contributed by atoms with E-state index in [-0.39, 0.29) is 24.0 Å². The predicted molar refractivity (Wildman–Crippen MR) is 104 cm³/mol. The van der Waals surface area contributed by atoms with Crippen molar-refractivity contribution < 1.29 is 14.0 Å². The SMILES string of the molecule is Nc1nc(N2CCCCC2)nc2c1[C@@H](C(=O)Nc1cccc(F)c1)CC(=O)N2. The van der Waals surface area contributed by atoms with Crippen molar-refractivity contribution in [2.45, 2.75) is 31.6 Å². The minimum atomic E-state index is -0.845. The Morgan fingerprint density at radius 2 is 2.04 bits per heavy atom. The Balaban J connectivity index is 1.64. The standard InChI is InChI=1S/C19H21FN6O2/c20-11-5-4-6-12(9-11)22-18(28)13-10-14(27)23-17-15(13)16(21)24-19(25-17)26-7-2-1-3-8-26/h4-6,9,13H,1-3,7-8,10H2,(H,22,28)(H3,21,23,24,25,27)/t13-/m0/s1. The lowest BCUT2D eigenvalue weighted by Crippen LogP contribution is -2.35. The largest absolute Gasteiger partial charge is 0.383 e.